The molecule has 0 amide bonds. The Balaban J connectivity index is 2.01. The van der Waals surface area contributed by atoms with Gasteiger partial charge in [-0.3, -0.25) is 0 Å². The second-order valence-corrected chi connectivity index (χ2v) is 11.9. The zero-order valence-electron chi connectivity index (χ0n) is 2.99. The molecule has 2 N–H and O–H groups in total. The van der Waals surface area contributed by atoms with E-state index < -0.39 is 0 Å². The minimum absolute atomic E-state index is 0.413. The predicted octanol–water partition coefficient (Wildman–Crippen LogP) is -6.60. The van der Waals surface area contributed by atoms with Gasteiger partial charge in [-0.1, -0.05) is 0 Å². The first-order valence-electron chi connectivity index (χ1n) is 1.48. The molecule has 4 heteroatoms. The summed E-state index contributed by atoms with van der Waals surface area (Å²) in [5, 5.41) is 8.19. The number of hydrogen-bond acceptors (Lipinski definition) is 2. The van der Waals surface area contributed by atoms with Crippen LogP contribution in [0.15, 0.2) is 0 Å². The molecule has 0 radical (unpaired) electrons. The Hall–Kier alpha value is 1.38. The molecule has 0 spiro atoms. The Labute approximate surface area is 57.2 Å². The van der Waals surface area contributed by atoms with Crippen LogP contribution in [-0.4, -0.2) is 9.70 Å². The van der Waals surface area contributed by atoms with Crippen molar-refractivity contribution in [1.82, 2.24) is 5.48 Å². The molecule has 0 aromatic heterocycles. The number of nitrogens with one attached hydrogen (secondary N) is 1. The second kappa shape index (κ2) is 2.63. The van der Waals surface area contributed by atoms with Crippen LogP contribution in [-0.2, 0) is 0 Å². The van der Waals surface area contributed by atoms with Crippen LogP contribution in [0.1, 0.15) is 0 Å². The Bertz CT molecular complexity index is 44.1. The van der Waals surface area contributed by atoms with E-state index in [9.17, 15) is 0 Å². The molecule has 1 aliphatic heterocycles. The third-order valence-electron chi connectivity index (χ3n) is 0.485. The number of alkyl halides is 4. The summed E-state index contributed by atoms with van der Waals surface area (Å²) in [5.41, 5.74) is 2.30. The van der Waals surface area contributed by atoms with Crippen molar-refractivity contribution in [2.24, 2.45) is 0 Å². The molecular formula is C2H5I2NO-2. The van der Waals surface area contributed by atoms with Gasteiger partial charge < -0.3 is 0 Å². The summed E-state index contributed by atoms with van der Waals surface area (Å²) in [5.74, 6) is 0. The van der Waals surface area contributed by atoms with Crippen molar-refractivity contribution in [3.63, 3.8) is 0 Å². The van der Waals surface area contributed by atoms with E-state index in [1.807, 2.05) is 0 Å². The van der Waals surface area contributed by atoms with Gasteiger partial charge in [-0.25, -0.2) is 0 Å². The van der Waals surface area contributed by atoms with Gasteiger partial charge in [0.25, 0.3) is 0 Å². The molecule has 1 rings (SSSR count). The summed E-state index contributed by atoms with van der Waals surface area (Å²) in [6, 6.07) is 0. The van der Waals surface area contributed by atoms with Crippen molar-refractivity contribution in [3.05, 3.63) is 0 Å². The molecule has 1 saturated heterocycles. The van der Waals surface area contributed by atoms with Crippen molar-refractivity contribution in [3.8, 4) is 0 Å². The molecule has 0 aromatic carbocycles. The quantitative estimate of drug-likeness (QED) is 0.218. The minimum atomic E-state index is 0.413. The molecular weight excluding hydrogens is 308 g/mol. The van der Waals surface area contributed by atoms with Crippen LogP contribution in [0.25, 0.3) is 0 Å². The standard InChI is InChI=1S/C2H5I2NO/c6-5-2-3-1-4-2/h2,5-6H,1H2/q-2. The molecule has 2 nitrogen and oxygen atoms in total. The average Bonchev–Trinajstić information content (AvgIpc) is 1.31. The van der Waals surface area contributed by atoms with Crippen LogP contribution in [0.2, 0.25) is 0 Å². The van der Waals surface area contributed by atoms with Crippen LogP contribution < -0.4 is 47.9 Å². The molecule has 0 saturated carbocycles. The van der Waals surface area contributed by atoms with Gasteiger partial charge in [-0.15, -0.1) is 0 Å². The Kier molecular flexibility index (Phi) is 2.42. The number of rotatable bonds is 1. The Morgan fingerprint density at radius 3 is 2.33 bits per heavy atom. The van der Waals surface area contributed by atoms with Crippen molar-refractivity contribution in [1.29, 1.82) is 0 Å². The second-order valence-electron chi connectivity index (χ2n) is 0.839. The van der Waals surface area contributed by atoms with Crippen molar-refractivity contribution in [2.75, 3.05) is 2.43 Å². The van der Waals surface area contributed by atoms with E-state index in [0.29, 0.717) is 44.5 Å². The van der Waals surface area contributed by atoms with Crippen molar-refractivity contribution in [2.45, 2.75) is 2.06 Å². The Morgan fingerprint density at radius 1 is 1.67 bits per heavy atom. The van der Waals surface area contributed by atoms with E-state index in [2.05, 4.69) is 5.48 Å². The van der Waals surface area contributed by atoms with Crippen LogP contribution in [0.4, 0.5) is 0 Å². The number of halogens is 2. The maximum atomic E-state index is 8.19. The first kappa shape index (κ1) is 5.52. The zero-order chi connectivity index (χ0) is 4.41. The molecule has 0 unspecified atom stereocenters. The van der Waals surface area contributed by atoms with Crippen LogP contribution in [0, 0.1) is 0 Å². The van der Waals surface area contributed by atoms with Gasteiger partial charge in [0.15, 0.2) is 0 Å². The van der Waals surface area contributed by atoms with Gasteiger partial charge in [-0.2, -0.15) is 0 Å². The van der Waals surface area contributed by atoms with E-state index in [-0.39, 0.29) is 0 Å². The molecule has 0 aliphatic carbocycles. The first-order valence-corrected chi connectivity index (χ1v) is 7.03. The molecule has 0 aromatic rings. The maximum absolute atomic E-state index is 8.19. The van der Waals surface area contributed by atoms with Crippen LogP contribution in [0.5, 0.6) is 0 Å². The molecule has 6 heavy (non-hydrogen) atoms. The van der Waals surface area contributed by atoms with E-state index in [1.54, 1.807) is 0 Å². The molecule has 40 valence electrons. The Morgan fingerprint density at radius 2 is 2.33 bits per heavy atom. The van der Waals surface area contributed by atoms with E-state index in [0.717, 1.165) is 0 Å². The summed E-state index contributed by atoms with van der Waals surface area (Å²) < 4.78 is 2.14. The van der Waals surface area contributed by atoms with E-state index in [1.165, 1.54) is 2.43 Å². The SMILES string of the molecule is ONC1[I-]C[I-]1. The van der Waals surface area contributed by atoms with Gasteiger partial charge in [0.2, 0.25) is 0 Å². The van der Waals surface area contributed by atoms with E-state index in [4.69, 9.17) is 5.21 Å². The van der Waals surface area contributed by atoms with Crippen LogP contribution in [0.3, 0.4) is 0 Å². The van der Waals surface area contributed by atoms with Gasteiger partial charge in [0.05, 0.1) is 0 Å². The molecule has 0 bridgehead atoms. The fourth-order valence-electron chi connectivity index (χ4n) is 0.186. The topological polar surface area (TPSA) is 32.3 Å². The van der Waals surface area contributed by atoms with Crippen molar-refractivity contribution >= 4 is 0 Å². The summed E-state index contributed by atoms with van der Waals surface area (Å²) in [7, 11) is 0. The van der Waals surface area contributed by atoms with Gasteiger partial charge >= 0.3 is 57.6 Å². The fourth-order valence-corrected chi connectivity index (χ4v) is 5.71. The third kappa shape index (κ3) is 1.17. The van der Waals surface area contributed by atoms with Crippen LogP contribution >= 0.6 is 0 Å². The van der Waals surface area contributed by atoms with Crippen molar-refractivity contribution < 1.29 is 47.6 Å². The summed E-state index contributed by atoms with van der Waals surface area (Å²) in [4.78, 5) is 0. The van der Waals surface area contributed by atoms with Gasteiger partial charge in [0, 0.05) is 0 Å². The summed E-state index contributed by atoms with van der Waals surface area (Å²) in [6.07, 6.45) is 0. The number of hydroxylamine groups is 1. The fraction of sp³-hybridized carbons (Fsp3) is 1.00. The predicted molar refractivity (Wildman–Crippen MR) is 13.6 cm³/mol. The summed E-state index contributed by atoms with van der Waals surface area (Å²) >= 11 is 0.826. The number of hydrogen-bond donors (Lipinski definition) is 2. The normalized spacial score (nSPS) is 26.2. The zero-order valence-corrected chi connectivity index (χ0v) is 7.30. The molecule has 1 aliphatic rings. The molecule has 0 atom stereocenters. The van der Waals surface area contributed by atoms with Gasteiger partial charge in [0.1, 0.15) is 0 Å². The summed E-state index contributed by atoms with van der Waals surface area (Å²) in [6.45, 7) is 0. The average molecular weight is 313 g/mol. The van der Waals surface area contributed by atoms with E-state index >= 15 is 0 Å². The van der Waals surface area contributed by atoms with Gasteiger partial charge in [-0.05, 0) is 0 Å². The third-order valence-corrected chi connectivity index (χ3v) is 12.2. The molecule has 1 heterocycles. The monoisotopic (exact) mass is 313 g/mol. The first-order chi connectivity index (χ1) is 2.93. The molecule has 1 fully saturated rings.